The maximum atomic E-state index is 10.6. The predicted octanol–water partition coefficient (Wildman–Crippen LogP) is 2.86. The van der Waals surface area contributed by atoms with Crippen LogP contribution in [0.5, 0.6) is 5.75 Å². The van der Waals surface area contributed by atoms with Gasteiger partial charge < -0.3 is 15.8 Å². The molecule has 21 heavy (non-hydrogen) atoms. The topological polar surface area (TPSA) is 64.3 Å². The zero-order chi connectivity index (χ0) is 15.1. The number of amides is 1. The Labute approximate surface area is 124 Å². The van der Waals surface area contributed by atoms with Gasteiger partial charge in [0, 0.05) is 12.2 Å². The highest BCUT2D eigenvalue weighted by Gasteiger charge is 1.99. The maximum absolute atomic E-state index is 10.6. The smallest absolute Gasteiger partial charge is 0.220 e. The average Bonchev–Trinajstić information content (AvgIpc) is 2.47. The van der Waals surface area contributed by atoms with Crippen LogP contribution in [0.25, 0.3) is 0 Å². The molecule has 0 saturated carbocycles. The molecule has 2 rings (SSSR count). The molecule has 2 aromatic carbocycles. The quantitative estimate of drug-likeness (QED) is 0.821. The number of primary amides is 1. The Bertz CT molecular complexity index is 594. The molecule has 3 N–H and O–H groups in total. The number of rotatable bonds is 7. The van der Waals surface area contributed by atoms with Crippen LogP contribution in [-0.4, -0.2) is 12.5 Å². The minimum Gasteiger partial charge on any atom is -0.493 e. The van der Waals surface area contributed by atoms with Crippen LogP contribution in [0.1, 0.15) is 17.5 Å². The lowest BCUT2D eigenvalue weighted by Gasteiger charge is -2.10. The zero-order valence-electron chi connectivity index (χ0n) is 12.1. The van der Waals surface area contributed by atoms with Crippen molar-refractivity contribution in [2.75, 3.05) is 11.9 Å². The second-order valence-corrected chi connectivity index (χ2v) is 4.87. The van der Waals surface area contributed by atoms with E-state index in [9.17, 15) is 4.79 Å². The Hall–Kier alpha value is -2.49. The molecule has 1 amide bonds. The second-order valence-electron chi connectivity index (χ2n) is 4.87. The van der Waals surface area contributed by atoms with Crippen molar-refractivity contribution < 1.29 is 9.53 Å². The number of carbonyl (C=O) groups is 1. The Morgan fingerprint density at radius 1 is 1.14 bits per heavy atom. The van der Waals surface area contributed by atoms with Crippen molar-refractivity contribution in [2.45, 2.75) is 19.9 Å². The molecule has 2 aromatic rings. The van der Waals surface area contributed by atoms with E-state index in [2.05, 4.69) is 24.4 Å². The van der Waals surface area contributed by atoms with Crippen LogP contribution in [-0.2, 0) is 11.3 Å². The lowest BCUT2D eigenvalue weighted by atomic mass is 10.1. The van der Waals surface area contributed by atoms with Crippen LogP contribution in [0.15, 0.2) is 48.5 Å². The molecule has 0 bridgehead atoms. The van der Waals surface area contributed by atoms with Gasteiger partial charge in [0.1, 0.15) is 5.75 Å². The van der Waals surface area contributed by atoms with Gasteiger partial charge in [-0.05, 0) is 42.3 Å². The van der Waals surface area contributed by atoms with E-state index in [0.717, 1.165) is 18.0 Å². The summed E-state index contributed by atoms with van der Waals surface area (Å²) in [5, 5.41) is 3.37. The first-order valence-electron chi connectivity index (χ1n) is 6.94. The third-order valence-corrected chi connectivity index (χ3v) is 3.22. The van der Waals surface area contributed by atoms with Crippen LogP contribution >= 0.6 is 0 Å². The second kappa shape index (κ2) is 7.33. The molecule has 0 fully saturated rings. The van der Waals surface area contributed by atoms with Crippen molar-refractivity contribution in [3.63, 3.8) is 0 Å². The van der Waals surface area contributed by atoms with Crippen LogP contribution < -0.4 is 15.8 Å². The van der Waals surface area contributed by atoms with E-state index < -0.39 is 0 Å². The van der Waals surface area contributed by atoms with Gasteiger partial charge >= 0.3 is 0 Å². The molecule has 4 nitrogen and oxygen atoms in total. The number of carbonyl (C=O) groups excluding carboxylic acids is 1. The molecule has 0 aliphatic heterocycles. The van der Waals surface area contributed by atoms with Gasteiger partial charge in [-0.2, -0.15) is 0 Å². The maximum Gasteiger partial charge on any atom is 0.220 e. The van der Waals surface area contributed by atoms with Crippen LogP contribution in [0.4, 0.5) is 5.69 Å². The first-order valence-corrected chi connectivity index (χ1v) is 6.94. The minimum atomic E-state index is -0.355. The zero-order valence-corrected chi connectivity index (χ0v) is 12.1. The lowest BCUT2D eigenvalue weighted by molar-refractivity contribution is -0.118. The molecule has 0 aliphatic carbocycles. The molecule has 110 valence electrons. The highest BCUT2D eigenvalue weighted by molar-refractivity contribution is 5.73. The van der Waals surface area contributed by atoms with E-state index in [4.69, 9.17) is 10.5 Å². The van der Waals surface area contributed by atoms with Crippen LogP contribution in [0.3, 0.4) is 0 Å². The van der Waals surface area contributed by atoms with Crippen molar-refractivity contribution in [1.82, 2.24) is 0 Å². The van der Waals surface area contributed by atoms with Crippen molar-refractivity contribution >= 4 is 11.6 Å². The van der Waals surface area contributed by atoms with Crippen molar-refractivity contribution in [3.8, 4) is 5.75 Å². The van der Waals surface area contributed by atoms with Crippen molar-refractivity contribution in [2.24, 2.45) is 5.73 Å². The van der Waals surface area contributed by atoms with Gasteiger partial charge in [-0.15, -0.1) is 0 Å². The normalized spacial score (nSPS) is 10.1. The van der Waals surface area contributed by atoms with E-state index in [1.54, 1.807) is 0 Å². The summed E-state index contributed by atoms with van der Waals surface area (Å²) < 4.78 is 5.43. The number of nitrogens with one attached hydrogen (secondary N) is 1. The summed E-state index contributed by atoms with van der Waals surface area (Å²) in [6.07, 6.45) is 0.229. The summed E-state index contributed by atoms with van der Waals surface area (Å²) in [7, 11) is 0. The Morgan fingerprint density at radius 2 is 1.86 bits per heavy atom. The van der Waals surface area contributed by atoms with Gasteiger partial charge in [-0.1, -0.05) is 24.3 Å². The van der Waals surface area contributed by atoms with Gasteiger partial charge in [0.2, 0.25) is 5.91 Å². The first-order chi connectivity index (χ1) is 10.1. The Morgan fingerprint density at radius 3 is 2.52 bits per heavy atom. The summed E-state index contributed by atoms with van der Waals surface area (Å²) in [4.78, 5) is 10.6. The Kier molecular flexibility index (Phi) is 5.21. The number of aryl methyl sites for hydroxylation is 1. The van der Waals surface area contributed by atoms with E-state index >= 15 is 0 Å². The highest BCUT2D eigenvalue weighted by atomic mass is 16.5. The first kappa shape index (κ1) is 14.9. The van der Waals surface area contributed by atoms with E-state index in [1.165, 1.54) is 11.1 Å². The average molecular weight is 284 g/mol. The summed E-state index contributed by atoms with van der Waals surface area (Å²) >= 11 is 0. The van der Waals surface area contributed by atoms with Gasteiger partial charge in [-0.25, -0.2) is 0 Å². The summed E-state index contributed by atoms with van der Waals surface area (Å²) in [5.74, 6) is 0.379. The Balaban J connectivity index is 1.85. The largest absolute Gasteiger partial charge is 0.493 e. The number of benzene rings is 2. The highest BCUT2D eigenvalue weighted by Crippen LogP contribution is 2.17. The van der Waals surface area contributed by atoms with E-state index in [-0.39, 0.29) is 12.3 Å². The monoisotopic (exact) mass is 284 g/mol. The molecule has 0 unspecified atom stereocenters. The number of hydrogen-bond acceptors (Lipinski definition) is 3. The number of hydrogen-bond donors (Lipinski definition) is 2. The fraction of sp³-hybridized carbons (Fsp3) is 0.235. The third-order valence-electron chi connectivity index (χ3n) is 3.22. The number of anilines is 1. The summed E-state index contributed by atoms with van der Waals surface area (Å²) in [6, 6.07) is 16.0. The van der Waals surface area contributed by atoms with Crippen molar-refractivity contribution in [3.05, 3.63) is 59.7 Å². The summed E-state index contributed by atoms with van der Waals surface area (Å²) in [5.41, 5.74) is 8.64. The van der Waals surface area contributed by atoms with E-state index in [0.29, 0.717) is 6.61 Å². The van der Waals surface area contributed by atoms with Gasteiger partial charge in [0.15, 0.2) is 0 Å². The molecular formula is C17H20N2O2. The number of nitrogens with two attached hydrogens (primary N) is 1. The molecule has 0 atom stereocenters. The molecule has 4 heteroatoms. The van der Waals surface area contributed by atoms with Crippen LogP contribution in [0, 0.1) is 6.92 Å². The molecule has 0 heterocycles. The van der Waals surface area contributed by atoms with E-state index in [1.807, 2.05) is 36.4 Å². The molecule has 0 saturated heterocycles. The number of ether oxygens (including phenoxy) is 1. The predicted molar refractivity (Wildman–Crippen MR) is 84.3 cm³/mol. The molecule has 0 radical (unpaired) electrons. The fourth-order valence-electron chi connectivity index (χ4n) is 1.94. The SMILES string of the molecule is Cc1ccccc1CNc1ccc(OCCC(N)=O)cc1. The summed E-state index contributed by atoms with van der Waals surface area (Å²) in [6.45, 7) is 3.20. The standard InChI is InChI=1S/C17H20N2O2/c1-13-4-2-3-5-14(13)12-19-15-6-8-16(9-7-15)21-11-10-17(18)20/h2-9,19H,10-12H2,1H3,(H2,18,20). The fourth-order valence-corrected chi connectivity index (χ4v) is 1.94. The van der Waals surface area contributed by atoms with Crippen molar-refractivity contribution in [1.29, 1.82) is 0 Å². The minimum absolute atomic E-state index is 0.229. The van der Waals surface area contributed by atoms with Gasteiger partial charge in [0.25, 0.3) is 0 Å². The van der Waals surface area contributed by atoms with Crippen LogP contribution in [0.2, 0.25) is 0 Å². The lowest BCUT2D eigenvalue weighted by Crippen LogP contribution is -2.14. The molecule has 0 aliphatic rings. The molecule has 0 aromatic heterocycles. The molecule has 0 spiro atoms. The molecular weight excluding hydrogens is 264 g/mol. The van der Waals surface area contributed by atoms with Gasteiger partial charge in [0.05, 0.1) is 13.0 Å². The van der Waals surface area contributed by atoms with Gasteiger partial charge in [-0.3, -0.25) is 4.79 Å². The third kappa shape index (κ3) is 4.84.